The summed E-state index contributed by atoms with van der Waals surface area (Å²) >= 11 is 6.12. The maximum absolute atomic E-state index is 6.12. The first kappa shape index (κ1) is 11.5. The fourth-order valence-electron chi connectivity index (χ4n) is 1.66. The number of benzene rings is 1. The van der Waals surface area contributed by atoms with Gasteiger partial charge in [0.15, 0.2) is 11.5 Å². The second kappa shape index (κ2) is 5.39. The third-order valence-corrected chi connectivity index (χ3v) is 2.78. The van der Waals surface area contributed by atoms with Gasteiger partial charge < -0.3 is 14.3 Å². The normalized spacial score (nSPS) is 14.6. The standard InChI is InChI=1S/C11H14ClNO3/c12-9-2-3-10-11(8(9)4-7-16-13)15-6-1-5-14-10/h2-3H,1,4-7,13H2. The largest absolute Gasteiger partial charge is 0.490 e. The molecule has 88 valence electrons. The lowest BCUT2D eigenvalue weighted by Gasteiger charge is -2.13. The Hall–Kier alpha value is -0.970. The van der Waals surface area contributed by atoms with Gasteiger partial charge in [0.1, 0.15) is 0 Å². The van der Waals surface area contributed by atoms with Crippen LogP contribution >= 0.6 is 11.6 Å². The predicted octanol–water partition coefficient (Wildman–Crippen LogP) is 1.93. The zero-order valence-electron chi connectivity index (χ0n) is 8.87. The number of halogens is 1. The molecule has 0 fully saturated rings. The molecule has 5 heteroatoms. The molecule has 1 aliphatic rings. The Kier molecular flexibility index (Phi) is 3.88. The Morgan fingerprint density at radius 3 is 2.94 bits per heavy atom. The highest BCUT2D eigenvalue weighted by Crippen LogP contribution is 2.37. The number of hydrogen-bond donors (Lipinski definition) is 1. The average Bonchev–Trinajstić information content (AvgIpc) is 2.53. The van der Waals surface area contributed by atoms with Crippen LogP contribution in [0, 0.1) is 0 Å². The van der Waals surface area contributed by atoms with Gasteiger partial charge in [-0.3, -0.25) is 0 Å². The van der Waals surface area contributed by atoms with E-state index in [-0.39, 0.29) is 0 Å². The Bertz CT molecular complexity index is 370. The van der Waals surface area contributed by atoms with Crippen molar-refractivity contribution in [1.82, 2.24) is 0 Å². The van der Waals surface area contributed by atoms with Gasteiger partial charge in [0.25, 0.3) is 0 Å². The van der Waals surface area contributed by atoms with Crippen LogP contribution in [0.4, 0.5) is 0 Å². The molecule has 0 radical (unpaired) electrons. The first-order valence-corrected chi connectivity index (χ1v) is 5.59. The predicted molar refractivity (Wildman–Crippen MR) is 60.9 cm³/mol. The monoisotopic (exact) mass is 243 g/mol. The van der Waals surface area contributed by atoms with Gasteiger partial charge in [0.2, 0.25) is 0 Å². The number of nitrogens with two attached hydrogens (primary N) is 1. The van der Waals surface area contributed by atoms with Crippen molar-refractivity contribution in [3.8, 4) is 11.5 Å². The van der Waals surface area contributed by atoms with Gasteiger partial charge in [-0.2, -0.15) is 0 Å². The summed E-state index contributed by atoms with van der Waals surface area (Å²) in [4.78, 5) is 4.57. The van der Waals surface area contributed by atoms with Gasteiger partial charge >= 0.3 is 0 Å². The number of rotatable bonds is 3. The molecule has 0 bridgehead atoms. The van der Waals surface area contributed by atoms with E-state index in [1.165, 1.54) is 0 Å². The highest BCUT2D eigenvalue weighted by atomic mass is 35.5. The topological polar surface area (TPSA) is 53.7 Å². The maximum Gasteiger partial charge on any atom is 0.165 e. The fraction of sp³-hybridized carbons (Fsp3) is 0.455. The maximum atomic E-state index is 6.12. The molecule has 0 aromatic heterocycles. The number of hydrogen-bond acceptors (Lipinski definition) is 4. The smallest absolute Gasteiger partial charge is 0.165 e. The van der Waals surface area contributed by atoms with Gasteiger partial charge in [0.05, 0.1) is 19.8 Å². The summed E-state index contributed by atoms with van der Waals surface area (Å²) in [6, 6.07) is 3.64. The molecule has 2 rings (SSSR count). The van der Waals surface area contributed by atoms with E-state index in [9.17, 15) is 0 Å². The molecular formula is C11H14ClNO3. The average molecular weight is 244 g/mol. The van der Waals surface area contributed by atoms with Crippen molar-refractivity contribution in [1.29, 1.82) is 0 Å². The summed E-state index contributed by atoms with van der Waals surface area (Å²) < 4.78 is 11.2. The zero-order chi connectivity index (χ0) is 11.4. The highest BCUT2D eigenvalue weighted by Gasteiger charge is 2.17. The Balaban J connectivity index is 2.32. The molecule has 0 atom stereocenters. The minimum Gasteiger partial charge on any atom is -0.490 e. The summed E-state index contributed by atoms with van der Waals surface area (Å²) in [5.41, 5.74) is 0.895. The first-order valence-electron chi connectivity index (χ1n) is 5.21. The van der Waals surface area contributed by atoms with E-state index in [1.54, 1.807) is 6.07 Å². The molecule has 0 unspecified atom stereocenters. The summed E-state index contributed by atoms with van der Waals surface area (Å²) in [7, 11) is 0. The molecular weight excluding hydrogens is 230 g/mol. The van der Waals surface area contributed by atoms with Crippen molar-refractivity contribution in [3.63, 3.8) is 0 Å². The molecule has 2 N–H and O–H groups in total. The van der Waals surface area contributed by atoms with E-state index in [1.807, 2.05) is 6.07 Å². The lowest BCUT2D eigenvalue weighted by Crippen LogP contribution is -2.06. The number of fused-ring (bicyclic) bond motifs is 1. The van der Waals surface area contributed by atoms with Crippen LogP contribution in [-0.2, 0) is 11.3 Å². The molecule has 16 heavy (non-hydrogen) atoms. The zero-order valence-corrected chi connectivity index (χ0v) is 9.63. The second-order valence-electron chi connectivity index (χ2n) is 3.52. The van der Waals surface area contributed by atoms with Crippen LogP contribution in [0.5, 0.6) is 11.5 Å². The molecule has 4 nitrogen and oxygen atoms in total. The molecule has 0 amide bonds. The Labute approximate surface area is 99.2 Å². The summed E-state index contributed by atoms with van der Waals surface area (Å²) in [6.07, 6.45) is 1.49. The van der Waals surface area contributed by atoms with Gasteiger partial charge in [0, 0.05) is 23.4 Å². The lowest BCUT2D eigenvalue weighted by molar-refractivity contribution is 0.140. The van der Waals surface area contributed by atoms with Gasteiger partial charge in [-0.25, -0.2) is 5.90 Å². The quantitative estimate of drug-likeness (QED) is 0.825. The molecule has 1 heterocycles. The fourth-order valence-corrected chi connectivity index (χ4v) is 1.91. The minimum atomic E-state index is 0.402. The van der Waals surface area contributed by atoms with Crippen LogP contribution in [0.15, 0.2) is 12.1 Å². The van der Waals surface area contributed by atoms with Gasteiger partial charge in [-0.05, 0) is 12.1 Å². The molecule has 1 aromatic rings. The van der Waals surface area contributed by atoms with Gasteiger partial charge in [-0.1, -0.05) is 11.6 Å². The molecule has 0 aliphatic carbocycles. The molecule has 0 saturated heterocycles. The van der Waals surface area contributed by atoms with Crippen LogP contribution in [-0.4, -0.2) is 19.8 Å². The molecule has 0 spiro atoms. The Morgan fingerprint density at radius 2 is 2.12 bits per heavy atom. The molecule has 1 aromatic carbocycles. The lowest BCUT2D eigenvalue weighted by atomic mass is 10.1. The van der Waals surface area contributed by atoms with Crippen molar-refractivity contribution < 1.29 is 14.3 Å². The van der Waals surface area contributed by atoms with E-state index in [0.29, 0.717) is 31.3 Å². The third kappa shape index (κ3) is 2.40. The van der Waals surface area contributed by atoms with Crippen LogP contribution in [0.1, 0.15) is 12.0 Å². The van der Waals surface area contributed by atoms with E-state index in [4.69, 9.17) is 27.0 Å². The van der Waals surface area contributed by atoms with Gasteiger partial charge in [-0.15, -0.1) is 0 Å². The van der Waals surface area contributed by atoms with Crippen LogP contribution in [0.3, 0.4) is 0 Å². The van der Waals surface area contributed by atoms with Crippen molar-refractivity contribution in [2.75, 3.05) is 19.8 Å². The van der Waals surface area contributed by atoms with E-state index in [2.05, 4.69) is 4.84 Å². The second-order valence-corrected chi connectivity index (χ2v) is 3.93. The highest BCUT2D eigenvalue weighted by molar-refractivity contribution is 6.31. The molecule has 1 aliphatic heterocycles. The van der Waals surface area contributed by atoms with Crippen molar-refractivity contribution in [2.45, 2.75) is 12.8 Å². The van der Waals surface area contributed by atoms with Crippen molar-refractivity contribution in [3.05, 3.63) is 22.7 Å². The first-order chi connectivity index (χ1) is 7.83. The van der Waals surface area contributed by atoms with Crippen LogP contribution < -0.4 is 15.4 Å². The summed E-state index contributed by atoms with van der Waals surface area (Å²) in [5, 5.41) is 0.654. The van der Waals surface area contributed by atoms with E-state index < -0.39 is 0 Å². The summed E-state index contributed by atoms with van der Waals surface area (Å²) in [6.45, 7) is 1.71. The minimum absolute atomic E-state index is 0.402. The third-order valence-electron chi connectivity index (χ3n) is 2.43. The Morgan fingerprint density at radius 1 is 1.31 bits per heavy atom. The number of ether oxygens (including phenoxy) is 2. The van der Waals surface area contributed by atoms with Crippen LogP contribution in [0.25, 0.3) is 0 Å². The van der Waals surface area contributed by atoms with Crippen LogP contribution in [0.2, 0.25) is 5.02 Å². The van der Waals surface area contributed by atoms with E-state index in [0.717, 1.165) is 23.5 Å². The van der Waals surface area contributed by atoms with E-state index >= 15 is 0 Å². The van der Waals surface area contributed by atoms with Crippen molar-refractivity contribution in [2.24, 2.45) is 5.90 Å². The van der Waals surface area contributed by atoms with Crippen molar-refractivity contribution >= 4 is 11.6 Å². The molecule has 0 saturated carbocycles. The SMILES string of the molecule is NOCCc1c(Cl)ccc2c1OCCCO2. The summed E-state index contributed by atoms with van der Waals surface area (Å²) in [5.74, 6) is 6.49.